The zero-order valence-corrected chi connectivity index (χ0v) is 17.9. The first-order valence-corrected chi connectivity index (χ1v) is 10.5. The number of allylic oxidation sites excluding steroid dienone is 1. The maximum absolute atomic E-state index is 13.0. The first kappa shape index (κ1) is 22.3. The largest absolute Gasteiger partial charge is 0.468 e. The molecule has 1 aliphatic carbocycles. The summed E-state index contributed by atoms with van der Waals surface area (Å²) < 4.78 is 34.0. The lowest BCUT2D eigenvalue weighted by Crippen LogP contribution is -2.11. The Hall–Kier alpha value is -2.37. The Balaban J connectivity index is 1.93. The fourth-order valence-corrected chi connectivity index (χ4v) is 4.05. The summed E-state index contributed by atoms with van der Waals surface area (Å²) in [5, 5.41) is 0. The van der Waals surface area contributed by atoms with E-state index in [1.807, 2.05) is 24.3 Å². The Bertz CT molecular complexity index is 743. The minimum Gasteiger partial charge on any atom is -0.468 e. The summed E-state index contributed by atoms with van der Waals surface area (Å²) in [5.41, 5.74) is 4.91. The molecule has 0 N–H and O–H groups in total. The van der Waals surface area contributed by atoms with Gasteiger partial charge in [0.25, 0.3) is 0 Å². The fourth-order valence-electron chi connectivity index (χ4n) is 4.05. The summed E-state index contributed by atoms with van der Waals surface area (Å²) in [4.78, 5) is 0. The van der Waals surface area contributed by atoms with E-state index in [0.717, 1.165) is 48.3 Å². The summed E-state index contributed by atoms with van der Waals surface area (Å²) in [6, 6.07) is 16.2. The van der Waals surface area contributed by atoms with E-state index in [0.29, 0.717) is 12.3 Å². The zero-order valence-electron chi connectivity index (χ0n) is 17.9. The molecule has 0 amide bonds. The van der Waals surface area contributed by atoms with Crippen LogP contribution < -0.4 is 9.47 Å². The molecule has 0 radical (unpaired) electrons. The van der Waals surface area contributed by atoms with Gasteiger partial charge >= 0.3 is 0 Å². The van der Waals surface area contributed by atoms with E-state index in [9.17, 15) is 4.39 Å². The molecule has 1 saturated carbocycles. The van der Waals surface area contributed by atoms with Gasteiger partial charge in [-0.2, -0.15) is 0 Å². The molecule has 0 spiro atoms. The molecule has 1 atom stereocenters. The second-order valence-corrected chi connectivity index (χ2v) is 7.57. The Morgan fingerprint density at radius 3 is 1.87 bits per heavy atom. The highest BCUT2D eigenvalue weighted by molar-refractivity contribution is 5.82. The maximum atomic E-state index is 13.0. The van der Waals surface area contributed by atoms with Crippen LogP contribution in [0.15, 0.2) is 54.1 Å². The second-order valence-electron chi connectivity index (χ2n) is 7.57. The van der Waals surface area contributed by atoms with Crippen molar-refractivity contribution >= 4 is 5.57 Å². The summed E-state index contributed by atoms with van der Waals surface area (Å²) in [7, 11) is 3.21. The molecule has 0 aliphatic heterocycles. The van der Waals surface area contributed by atoms with Crippen LogP contribution in [-0.4, -0.2) is 34.5 Å². The van der Waals surface area contributed by atoms with Crippen LogP contribution in [0.1, 0.15) is 43.2 Å². The van der Waals surface area contributed by atoms with E-state index in [4.69, 9.17) is 18.9 Å². The first-order chi connectivity index (χ1) is 14.7. The van der Waals surface area contributed by atoms with Crippen LogP contribution >= 0.6 is 0 Å². The van der Waals surface area contributed by atoms with Crippen LogP contribution in [0.5, 0.6) is 11.5 Å². The van der Waals surface area contributed by atoms with Crippen LogP contribution in [-0.2, 0) is 9.47 Å². The number of methoxy groups -OCH3 is 2. The average Bonchev–Trinajstić information content (AvgIpc) is 2.79. The van der Waals surface area contributed by atoms with Gasteiger partial charge in [0.15, 0.2) is 13.6 Å². The number of alkyl halides is 1. The minimum absolute atomic E-state index is 0.223. The summed E-state index contributed by atoms with van der Waals surface area (Å²) >= 11 is 0. The van der Waals surface area contributed by atoms with Gasteiger partial charge in [0.2, 0.25) is 0 Å². The van der Waals surface area contributed by atoms with Crippen LogP contribution in [0.4, 0.5) is 4.39 Å². The third-order valence-corrected chi connectivity index (χ3v) is 5.47. The van der Waals surface area contributed by atoms with Crippen molar-refractivity contribution < 1.29 is 23.3 Å². The normalized spacial score (nSPS) is 16.4. The van der Waals surface area contributed by atoms with Crippen molar-refractivity contribution in [1.29, 1.82) is 0 Å². The SMILES string of the molecule is COCOc1ccc(C(=C2CCCC(CCF)C2)c2ccc(OCOC)cc2)cc1. The monoisotopic (exact) mass is 414 g/mol. The molecule has 1 unspecified atom stereocenters. The number of hydrogen-bond donors (Lipinski definition) is 0. The second kappa shape index (κ2) is 11.7. The van der Waals surface area contributed by atoms with Crippen LogP contribution in [0.2, 0.25) is 0 Å². The van der Waals surface area contributed by atoms with Gasteiger partial charge in [-0.25, -0.2) is 0 Å². The van der Waals surface area contributed by atoms with Crippen molar-refractivity contribution in [1.82, 2.24) is 0 Å². The number of ether oxygens (including phenoxy) is 4. The average molecular weight is 415 g/mol. The van der Waals surface area contributed by atoms with Gasteiger partial charge < -0.3 is 18.9 Å². The van der Waals surface area contributed by atoms with Crippen LogP contribution in [0, 0.1) is 5.92 Å². The van der Waals surface area contributed by atoms with Crippen LogP contribution in [0.25, 0.3) is 5.57 Å². The molecule has 0 saturated heterocycles. The molecule has 0 aromatic heterocycles. The number of hydrogen-bond acceptors (Lipinski definition) is 4. The summed E-state index contributed by atoms with van der Waals surface area (Å²) in [5.74, 6) is 1.96. The summed E-state index contributed by atoms with van der Waals surface area (Å²) in [6.07, 6.45) is 4.84. The number of halogens is 1. The van der Waals surface area contributed by atoms with Gasteiger partial charge in [-0.3, -0.25) is 4.39 Å². The Labute approximate surface area is 178 Å². The van der Waals surface area contributed by atoms with Crippen molar-refractivity contribution in [2.45, 2.75) is 32.1 Å². The smallest absolute Gasteiger partial charge is 0.188 e. The highest BCUT2D eigenvalue weighted by Gasteiger charge is 2.21. The van der Waals surface area contributed by atoms with E-state index < -0.39 is 0 Å². The van der Waals surface area contributed by atoms with Crippen molar-refractivity contribution in [3.8, 4) is 11.5 Å². The van der Waals surface area contributed by atoms with Gasteiger partial charge in [0.05, 0.1) is 6.67 Å². The van der Waals surface area contributed by atoms with E-state index >= 15 is 0 Å². The number of benzene rings is 2. The molecule has 1 fully saturated rings. The highest BCUT2D eigenvalue weighted by Crippen LogP contribution is 2.39. The minimum atomic E-state index is -0.246. The zero-order chi connectivity index (χ0) is 21.2. The Kier molecular flexibility index (Phi) is 8.72. The Morgan fingerprint density at radius 1 is 0.867 bits per heavy atom. The third kappa shape index (κ3) is 6.07. The lowest BCUT2D eigenvalue weighted by Gasteiger charge is -2.26. The standard InChI is InChI=1S/C25H31FO4/c1-27-17-29-23-10-6-20(7-11-23)25(22-5-3-4-19(16-22)14-15-26)21-8-12-24(13-9-21)30-18-28-2/h6-13,19H,3-5,14-18H2,1-2H3. The molecule has 5 heteroatoms. The topological polar surface area (TPSA) is 36.9 Å². The molecule has 0 bridgehead atoms. The molecule has 3 rings (SSSR count). The van der Waals surface area contributed by atoms with E-state index in [2.05, 4.69) is 24.3 Å². The molecule has 2 aromatic rings. The highest BCUT2D eigenvalue weighted by atomic mass is 19.1. The third-order valence-electron chi connectivity index (χ3n) is 5.47. The summed E-state index contributed by atoms with van der Waals surface area (Å²) in [6.45, 7) is 0.201. The van der Waals surface area contributed by atoms with Gasteiger partial charge in [-0.1, -0.05) is 29.8 Å². The van der Waals surface area contributed by atoms with Gasteiger partial charge in [-0.05, 0) is 79.0 Å². The predicted molar refractivity (Wildman–Crippen MR) is 116 cm³/mol. The van der Waals surface area contributed by atoms with Crippen molar-refractivity contribution in [3.63, 3.8) is 0 Å². The molecule has 162 valence electrons. The fraction of sp³-hybridized carbons (Fsp3) is 0.440. The maximum Gasteiger partial charge on any atom is 0.188 e. The van der Waals surface area contributed by atoms with Crippen molar-refractivity contribution in [2.24, 2.45) is 5.92 Å². The Morgan fingerprint density at radius 2 is 1.40 bits per heavy atom. The van der Waals surface area contributed by atoms with E-state index in [1.54, 1.807) is 14.2 Å². The quantitative estimate of drug-likeness (QED) is 0.447. The predicted octanol–water partition coefficient (Wildman–Crippen LogP) is 6.00. The van der Waals surface area contributed by atoms with E-state index in [-0.39, 0.29) is 20.3 Å². The van der Waals surface area contributed by atoms with Crippen molar-refractivity contribution in [3.05, 3.63) is 65.2 Å². The van der Waals surface area contributed by atoms with Crippen LogP contribution in [0.3, 0.4) is 0 Å². The molecular weight excluding hydrogens is 383 g/mol. The molecular formula is C25H31FO4. The molecule has 0 heterocycles. The van der Waals surface area contributed by atoms with E-state index in [1.165, 1.54) is 11.1 Å². The van der Waals surface area contributed by atoms with Gasteiger partial charge in [0, 0.05) is 14.2 Å². The first-order valence-electron chi connectivity index (χ1n) is 10.5. The molecule has 2 aromatic carbocycles. The molecule has 4 nitrogen and oxygen atoms in total. The van der Waals surface area contributed by atoms with Gasteiger partial charge in [-0.15, -0.1) is 0 Å². The molecule has 1 aliphatic rings. The number of rotatable bonds is 10. The lowest BCUT2D eigenvalue weighted by molar-refractivity contribution is 0.0509. The van der Waals surface area contributed by atoms with Crippen molar-refractivity contribution in [2.75, 3.05) is 34.5 Å². The lowest BCUT2D eigenvalue weighted by atomic mass is 9.79. The van der Waals surface area contributed by atoms with Gasteiger partial charge in [0.1, 0.15) is 11.5 Å². The molecule has 30 heavy (non-hydrogen) atoms.